The lowest BCUT2D eigenvalue weighted by Gasteiger charge is -2.43. The van der Waals surface area contributed by atoms with E-state index in [2.05, 4.69) is 13.5 Å². The van der Waals surface area contributed by atoms with E-state index in [1.165, 1.54) is 32.1 Å². The van der Waals surface area contributed by atoms with Crippen LogP contribution >= 0.6 is 0 Å². The quantitative estimate of drug-likeness (QED) is 0.523. The number of methoxy groups -OCH3 is 1. The highest BCUT2D eigenvalue weighted by atomic mass is 16.5. The summed E-state index contributed by atoms with van der Waals surface area (Å²) in [6.07, 6.45) is 12.8. The standard InChI is InChI=1S/C16H31NO/c1-4-5-6-7-8-11-15(17)16(18-3)12-9-10-14(2)13-16/h4,14-15H,1,5-13,17H2,2-3H3. The molecule has 2 heteroatoms. The fourth-order valence-electron chi connectivity index (χ4n) is 3.31. The van der Waals surface area contributed by atoms with E-state index in [4.69, 9.17) is 10.5 Å². The molecule has 3 atom stereocenters. The molecule has 3 unspecified atom stereocenters. The zero-order chi connectivity index (χ0) is 13.4. The lowest BCUT2D eigenvalue weighted by molar-refractivity contribution is -0.0726. The molecule has 0 amide bonds. The van der Waals surface area contributed by atoms with Crippen LogP contribution in [0.5, 0.6) is 0 Å². The first-order chi connectivity index (χ1) is 8.64. The van der Waals surface area contributed by atoms with Crippen LogP contribution in [0.25, 0.3) is 0 Å². The molecule has 0 heterocycles. The second-order valence-corrected chi connectivity index (χ2v) is 6.00. The third-order valence-electron chi connectivity index (χ3n) is 4.50. The molecule has 2 nitrogen and oxygen atoms in total. The average molecular weight is 253 g/mol. The Labute approximate surface area is 113 Å². The Morgan fingerprint density at radius 2 is 2.22 bits per heavy atom. The van der Waals surface area contributed by atoms with Gasteiger partial charge in [-0.2, -0.15) is 0 Å². The molecule has 1 saturated carbocycles. The van der Waals surface area contributed by atoms with Crippen molar-refractivity contribution in [3.8, 4) is 0 Å². The Hall–Kier alpha value is -0.340. The van der Waals surface area contributed by atoms with Gasteiger partial charge in [-0.1, -0.05) is 38.7 Å². The predicted octanol–water partition coefficient (Wildman–Crippen LogP) is 4.05. The lowest BCUT2D eigenvalue weighted by Crippen LogP contribution is -2.52. The molecule has 0 aromatic carbocycles. The van der Waals surface area contributed by atoms with Gasteiger partial charge in [0.05, 0.1) is 5.60 Å². The van der Waals surface area contributed by atoms with Gasteiger partial charge in [0.2, 0.25) is 0 Å². The van der Waals surface area contributed by atoms with Crippen molar-refractivity contribution in [2.24, 2.45) is 11.7 Å². The summed E-state index contributed by atoms with van der Waals surface area (Å²) in [5, 5.41) is 0. The van der Waals surface area contributed by atoms with Gasteiger partial charge in [0.15, 0.2) is 0 Å². The summed E-state index contributed by atoms with van der Waals surface area (Å²) in [7, 11) is 1.84. The molecule has 1 fully saturated rings. The summed E-state index contributed by atoms with van der Waals surface area (Å²) in [5.74, 6) is 0.755. The van der Waals surface area contributed by atoms with Gasteiger partial charge in [-0.15, -0.1) is 6.58 Å². The average Bonchev–Trinajstić information content (AvgIpc) is 2.38. The fourth-order valence-corrected chi connectivity index (χ4v) is 3.31. The number of hydrogen-bond acceptors (Lipinski definition) is 2. The molecule has 0 aromatic rings. The van der Waals surface area contributed by atoms with E-state index in [1.54, 1.807) is 0 Å². The maximum absolute atomic E-state index is 6.43. The van der Waals surface area contributed by atoms with Crippen molar-refractivity contribution < 1.29 is 4.74 Å². The minimum Gasteiger partial charge on any atom is -0.377 e. The van der Waals surface area contributed by atoms with Gasteiger partial charge in [-0.25, -0.2) is 0 Å². The molecule has 1 aliphatic rings. The monoisotopic (exact) mass is 253 g/mol. The summed E-state index contributed by atoms with van der Waals surface area (Å²) in [4.78, 5) is 0. The topological polar surface area (TPSA) is 35.2 Å². The van der Waals surface area contributed by atoms with Crippen LogP contribution in [0.1, 0.15) is 64.7 Å². The highest BCUT2D eigenvalue weighted by Crippen LogP contribution is 2.37. The van der Waals surface area contributed by atoms with E-state index in [1.807, 2.05) is 13.2 Å². The van der Waals surface area contributed by atoms with E-state index in [-0.39, 0.29) is 11.6 Å². The minimum atomic E-state index is -0.0455. The third kappa shape index (κ3) is 4.40. The van der Waals surface area contributed by atoms with Gasteiger partial charge in [-0.3, -0.25) is 0 Å². The lowest BCUT2D eigenvalue weighted by atomic mass is 9.73. The van der Waals surface area contributed by atoms with E-state index < -0.39 is 0 Å². The summed E-state index contributed by atoms with van der Waals surface area (Å²) in [6, 6.07) is 0.203. The second kappa shape index (κ2) is 7.96. The number of nitrogens with two attached hydrogens (primary N) is 1. The van der Waals surface area contributed by atoms with Crippen molar-refractivity contribution in [1.29, 1.82) is 0 Å². The maximum atomic E-state index is 6.43. The molecule has 0 spiro atoms. The number of allylic oxidation sites excluding steroid dienone is 1. The van der Waals surface area contributed by atoms with Crippen LogP contribution in [0.3, 0.4) is 0 Å². The number of rotatable bonds is 8. The highest BCUT2D eigenvalue weighted by Gasteiger charge is 2.39. The maximum Gasteiger partial charge on any atom is 0.0831 e. The number of hydrogen-bond donors (Lipinski definition) is 1. The number of unbranched alkanes of at least 4 members (excludes halogenated alkanes) is 3. The van der Waals surface area contributed by atoms with Gasteiger partial charge in [0.25, 0.3) is 0 Å². The van der Waals surface area contributed by atoms with Crippen molar-refractivity contribution in [2.75, 3.05) is 7.11 Å². The third-order valence-corrected chi connectivity index (χ3v) is 4.50. The number of ether oxygens (including phenoxy) is 1. The minimum absolute atomic E-state index is 0.0455. The van der Waals surface area contributed by atoms with E-state index in [9.17, 15) is 0 Å². The first-order valence-electron chi connectivity index (χ1n) is 7.56. The molecular weight excluding hydrogens is 222 g/mol. The molecule has 0 bridgehead atoms. The van der Waals surface area contributed by atoms with Crippen LogP contribution < -0.4 is 5.73 Å². The fraction of sp³-hybridized carbons (Fsp3) is 0.875. The highest BCUT2D eigenvalue weighted by molar-refractivity contribution is 4.95. The molecule has 0 saturated heterocycles. The molecule has 106 valence electrons. The Balaban J connectivity index is 2.36. The van der Waals surface area contributed by atoms with E-state index in [0.717, 1.165) is 31.6 Å². The van der Waals surface area contributed by atoms with Gasteiger partial charge in [0.1, 0.15) is 0 Å². The van der Waals surface area contributed by atoms with E-state index in [0.29, 0.717) is 0 Å². The summed E-state index contributed by atoms with van der Waals surface area (Å²) < 4.78 is 5.85. The summed E-state index contributed by atoms with van der Waals surface area (Å²) >= 11 is 0. The largest absolute Gasteiger partial charge is 0.377 e. The molecular formula is C16H31NO. The Bertz CT molecular complexity index is 241. The summed E-state index contributed by atoms with van der Waals surface area (Å²) in [6.45, 7) is 6.08. The van der Waals surface area contributed by atoms with Gasteiger partial charge in [-0.05, 0) is 38.0 Å². The Kier molecular flexibility index (Phi) is 6.95. The zero-order valence-corrected chi connectivity index (χ0v) is 12.3. The van der Waals surface area contributed by atoms with Crippen molar-refractivity contribution >= 4 is 0 Å². The normalized spacial score (nSPS) is 30.1. The first kappa shape index (κ1) is 15.7. The van der Waals surface area contributed by atoms with Crippen molar-refractivity contribution in [1.82, 2.24) is 0 Å². The predicted molar refractivity (Wildman–Crippen MR) is 78.6 cm³/mol. The molecule has 1 aliphatic carbocycles. The molecule has 0 aromatic heterocycles. The molecule has 2 N–H and O–H groups in total. The molecule has 0 aliphatic heterocycles. The molecule has 0 radical (unpaired) electrons. The van der Waals surface area contributed by atoms with E-state index >= 15 is 0 Å². The van der Waals surface area contributed by atoms with Crippen molar-refractivity contribution in [2.45, 2.75) is 76.4 Å². The second-order valence-electron chi connectivity index (χ2n) is 6.00. The van der Waals surface area contributed by atoms with Crippen molar-refractivity contribution in [3.05, 3.63) is 12.7 Å². The van der Waals surface area contributed by atoms with Crippen LogP contribution in [0.15, 0.2) is 12.7 Å². The van der Waals surface area contributed by atoms with Crippen molar-refractivity contribution in [3.63, 3.8) is 0 Å². The van der Waals surface area contributed by atoms with Crippen LogP contribution in [0.2, 0.25) is 0 Å². The molecule has 18 heavy (non-hydrogen) atoms. The summed E-state index contributed by atoms with van der Waals surface area (Å²) in [5.41, 5.74) is 6.38. The van der Waals surface area contributed by atoms with Crippen LogP contribution in [-0.4, -0.2) is 18.8 Å². The Morgan fingerprint density at radius 1 is 1.44 bits per heavy atom. The molecule has 1 rings (SSSR count). The SMILES string of the molecule is C=CCCCCCC(N)C1(OC)CCCC(C)C1. The van der Waals surface area contributed by atoms with Crippen LogP contribution in [-0.2, 0) is 4.74 Å². The van der Waals surface area contributed by atoms with Gasteiger partial charge < -0.3 is 10.5 Å². The first-order valence-corrected chi connectivity index (χ1v) is 7.56. The smallest absolute Gasteiger partial charge is 0.0831 e. The van der Waals surface area contributed by atoms with Gasteiger partial charge >= 0.3 is 0 Å². The van der Waals surface area contributed by atoms with Gasteiger partial charge in [0, 0.05) is 13.2 Å². The zero-order valence-electron chi connectivity index (χ0n) is 12.3. The van der Waals surface area contributed by atoms with Crippen LogP contribution in [0.4, 0.5) is 0 Å². The Morgan fingerprint density at radius 3 is 2.83 bits per heavy atom. The van der Waals surface area contributed by atoms with Crippen LogP contribution in [0, 0.1) is 5.92 Å².